The Kier molecular flexibility index (Phi) is 12.0. The Balaban J connectivity index is 1.05. The van der Waals surface area contributed by atoms with E-state index >= 15 is 4.39 Å². The second kappa shape index (κ2) is 16.4. The van der Waals surface area contributed by atoms with Crippen LogP contribution in [0.15, 0.2) is 66.5 Å². The average molecular weight is 886 g/mol. The molecule has 10 atom stereocenters. The first-order valence-corrected chi connectivity index (χ1v) is 20.9. The molecule has 59 heavy (non-hydrogen) atoms. The molecule has 1 aromatic carbocycles. The number of anilines is 1. The first kappa shape index (κ1) is 43.0. The van der Waals surface area contributed by atoms with Crippen molar-refractivity contribution in [2.45, 2.75) is 101 Å². The number of carbonyl (C=O) groups is 5. The zero-order chi connectivity index (χ0) is 42.5. The fourth-order valence-corrected chi connectivity index (χ4v) is 10.9. The molecule has 15 nitrogen and oxygen atoms in total. The van der Waals surface area contributed by atoms with E-state index in [-0.39, 0.29) is 43.3 Å². The van der Waals surface area contributed by atoms with Crippen LogP contribution in [-0.2, 0) is 40.0 Å². The third-order valence-corrected chi connectivity index (χ3v) is 14.0. The summed E-state index contributed by atoms with van der Waals surface area (Å²) < 4.78 is 32.7. The van der Waals surface area contributed by atoms with Gasteiger partial charge in [-0.05, 0) is 80.9 Å². The number of fused-ring (bicyclic) bond motifs is 7. The van der Waals surface area contributed by atoms with Gasteiger partial charge >= 0.3 is 0 Å². The third kappa shape index (κ3) is 7.42. The second-order valence-corrected chi connectivity index (χ2v) is 17.3. The number of aliphatic hydroxyl groups is 4. The number of benzene rings is 1. The number of halogens is 2. The molecule has 318 valence electrons. The summed E-state index contributed by atoms with van der Waals surface area (Å²) in [5.41, 5.74) is -3.61. The van der Waals surface area contributed by atoms with E-state index < -0.39 is 94.9 Å². The molecule has 0 radical (unpaired) electrons. The number of ether oxygens (including phenoxy) is 2. The van der Waals surface area contributed by atoms with Crippen molar-refractivity contribution in [3.63, 3.8) is 0 Å². The topological polar surface area (TPSA) is 226 Å². The number of aliphatic hydroxyl groups excluding tert-OH is 3. The van der Waals surface area contributed by atoms with E-state index in [0.717, 1.165) is 5.56 Å². The number of carbonyl (C=O) groups excluding carboxylic acids is 5. The average Bonchev–Trinajstić information content (AvgIpc) is 3.89. The number of rotatable bonds is 14. The highest BCUT2D eigenvalue weighted by Crippen LogP contribution is 2.72. The fraction of sp³-hybridized carbons (Fsp3) is 0.548. The van der Waals surface area contributed by atoms with Gasteiger partial charge in [0, 0.05) is 53.4 Å². The first-order valence-electron chi connectivity index (χ1n) is 19.8. The van der Waals surface area contributed by atoms with E-state index in [1.807, 2.05) is 17.6 Å². The van der Waals surface area contributed by atoms with Gasteiger partial charge in [-0.3, -0.25) is 24.0 Å². The van der Waals surface area contributed by atoms with Crippen LogP contribution in [0.25, 0.3) is 0 Å². The smallest absolute Gasteiger partial charge is 0.246 e. The number of Topliss-reactive ketones (excluding diaryl/α,β-unsaturated/α-hetero) is 1. The second-order valence-electron chi connectivity index (χ2n) is 16.8. The minimum absolute atomic E-state index is 0.00461. The molecular formula is C42H50BrFN4O11. The van der Waals surface area contributed by atoms with Crippen molar-refractivity contribution in [3.05, 3.63) is 77.7 Å². The van der Waals surface area contributed by atoms with Crippen LogP contribution < -0.4 is 16.0 Å². The van der Waals surface area contributed by atoms with Crippen LogP contribution in [0, 0.1) is 22.7 Å². The molecule has 1 aliphatic heterocycles. The van der Waals surface area contributed by atoms with E-state index in [0.29, 0.717) is 36.2 Å². The number of hydrogen-bond acceptors (Lipinski definition) is 11. The molecule has 3 saturated carbocycles. The molecule has 7 rings (SSSR count). The van der Waals surface area contributed by atoms with E-state index in [4.69, 9.17) is 9.47 Å². The summed E-state index contributed by atoms with van der Waals surface area (Å²) in [5.74, 6) is -3.55. The van der Waals surface area contributed by atoms with Gasteiger partial charge < -0.3 is 50.4 Å². The maximum Gasteiger partial charge on any atom is 0.246 e. The maximum atomic E-state index is 17.7. The first-order chi connectivity index (χ1) is 28.0. The largest absolute Gasteiger partial charge is 0.390 e. The van der Waals surface area contributed by atoms with Gasteiger partial charge in [-0.15, -0.1) is 0 Å². The Labute approximate surface area is 348 Å². The summed E-state index contributed by atoms with van der Waals surface area (Å²) in [4.78, 5) is 63.4. The fourth-order valence-electron chi connectivity index (χ4n) is 10.7. The van der Waals surface area contributed by atoms with Crippen LogP contribution in [0.5, 0.6) is 0 Å². The number of nitrogens with zero attached hydrogens (tertiary/aromatic N) is 1. The summed E-state index contributed by atoms with van der Waals surface area (Å²) in [6.45, 7) is 2.71. The molecule has 7 N–H and O–H groups in total. The van der Waals surface area contributed by atoms with Crippen molar-refractivity contribution in [1.82, 2.24) is 15.2 Å². The van der Waals surface area contributed by atoms with Gasteiger partial charge in [0.15, 0.2) is 35.4 Å². The lowest BCUT2D eigenvalue weighted by Crippen LogP contribution is -2.69. The standard InChI is InChI=1S/C42H50BrFN4O11/c1-39-12-10-27(50)15-25(39)6-7-28-29-16-33-42(32(52)22-49,40(29,2)17-31(51)41(28,39)44)59-38(58-33)24-11-13-48(21-24)20-23-4-3-5-26(14-23)46-37(57)30(8-9-36(55)56)47-35(54)19-45-34(53)18-43/h3-5,10-15,21,28-31,33,36,38,49,51,55-56H,6-9,16-20,22H2,1-2H3,(H,45,53)(H,46,57)(H,47,54)/t28-,29-,30-,31-,33+,38+,39-,40-,41-,42+/m0/s1. The molecule has 4 fully saturated rings. The number of aromatic nitrogens is 1. The number of amides is 3. The van der Waals surface area contributed by atoms with E-state index in [1.165, 1.54) is 12.2 Å². The van der Waals surface area contributed by atoms with Crippen molar-refractivity contribution in [2.24, 2.45) is 22.7 Å². The molecule has 5 aliphatic rings. The van der Waals surface area contributed by atoms with Gasteiger partial charge in [0.25, 0.3) is 0 Å². The number of hydrogen-bond donors (Lipinski definition) is 7. The van der Waals surface area contributed by atoms with Gasteiger partial charge in [-0.25, -0.2) is 4.39 Å². The number of nitrogens with one attached hydrogen (secondary N) is 3. The highest BCUT2D eigenvalue weighted by Gasteiger charge is 2.79. The SMILES string of the molecule is C[C@]12C=CC(=O)C=C1CC[C@H]1[C@@H]3C[C@H]4O[C@@H](c5ccn(Cc6cccc(NC(=O)[C@H](CCC(O)O)NC(=O)CNC(=O)CBr)c6)c5)O[C@@]4(C(=O)CO)[C@@]3(C)C[C@H](O)[C@@]12F. The van der Waals surface area contributed by atoms with Crippen LogP contribution in [-0.4, -0.2) is 109 Å². The summed E-state index contributed by atoms with van der Waals surface area (Å²) in [6, 6.07) is 7.64. The zero-order valence-electron chi connectivity index (χ0n) is 32.7. The zero-order valence-corrected chi connectivity index (χ0v) is 34.3. The molecule has 2 aromatic rings. The highest BCUT2D eigenvalue weighted by molar-refractivity contribution is 9.09. The molecule has 3 amide bonds. The Bertz CT molecular complexity index is 2080. The van der Waals surface area contributed by atoms with Crippen molar-refractivity contribution in [1.29, 1.82) is 0 Å². The van der Waals surface area contributed by atoms with Crippen molar-refractivity contribution >= 4 is 50.9 Å². The molecular weight excluding hydrogens is 835 g/mol. The van der Waals surface area contributed by atoms with Crippen LogP contribution in [0.4, 0.5) is 10.1 Å². The molecule has 1 saturated heterocycles. The van der Waals surface area contributed by atoms with Crippen molar-refractivity contribution in [3.8, 4) is 0 Å². The van der Waals surface area contributed by atoms with Gasteiger partial charge in [0.1, 0.15) is 12.6 Å². The lowest BCUT2D eigenvalue weighted by Gasteiger charge is -2.62. The predicted molar refractivity (Wildman–Crippen MR) is 212 cm³/mol. The molecule has 17 heteroatoms. The lowest BCUT2D eigenvalue weighted by molar-refractivity contribution is -0.231. The molecule has 0 spiro atoms. The van der Waals surface area contributed by atoms with Gasteiger partial charge in [-0.1, -0.05) is 46.6 Å². The minimum Gasteiger partial charge on any atom is -0.390 e. The van der Waals surface area contributed by atoms with Gasteiger partial charge in [0.05, 0.1) is 24.1 Å². The molecule has 0 bridgehead atoms. The van der Waals surface area contributed by atoms with Crippen LogP contribution >= 0.6 is 15.9 Å². The van der Waals surface area contributed by atoms with E-state index in [1.54, 1.807) is 49.7 Å². The minimum atomic E-state index is -2.11. The van der Waals surface area contributed by atoms with E-state index in [2.05, 4.69) is 31.9 Å². The monoisotopic (exact) mass is 884 g/mol. The third-order valence-electron chi connectivity index (χ3n) is 13.5. The number of alkyl halides is 2. The number of ketones is 2. The van der Waals surface area contributed by atoms with Crippen LogP contribution in [0.3, 0.4) is 0 Å². The van der Waals surface area contributed by atoms with Crippen molar-refractivity contribution in [2.75, 3.05) is 23.8 Å². The van der Waals surface area contributed by atoms with Crippen LogP contribution in [0.1, 0.15) is 69.8 Å². The van der Waals surface area contributed by atoms with Crippen LogP contribution in [0.2, 0.25) is 0 Å². The van der Waals surface area contributed by atoms with Crippen molar-refractivity contribution < 1.29 is 58.3 Å². The Hall–Kier alpha value is -4.10. The Morgan fingerprint density at radius 2 is 1.88 bits per heavy atom. The summed E-state index contributed by atoms with van der Waals surface area (Å²) in [6.07, 6.45) is 3.71. The Morgan fingerprint density at radius 3 is 2.61 bits per heavy atom. The van der Waals surface area contributed by atoms with Gasteiger partial charge in [0.2, 0.25) is 17.7 Å². The predicted octanol–water partition coefficient (Wildman–Crippen LogP) is 2.26. The summed E-state index contributed by atoms with van der Waals surface area (Å²) >= 11 is 2.99. The van der Waals surface area contributed by atoms with Gasteiger partial charge in [-0.2, -0.15) is 0 Å². The molecule has 4 aliphatic carbocycles. The summed E-state index contributed by atoms with van der Waals surface area (Å²) in [7, 11) is 0. The Morgan fingerprint density at radius 1 is 1.10 bits per heavy atom. The summed E-state index contributed by atoms with van der Waals surface area (Å²) in [5, 5.41) is 48.6. The maximum absolute atomic E-state index is 17.7. The number of allylic oxidation sites excluding steroid dienone is 4. The lowest BCUT2D eigenvalue weighted by atomic mass is 9.44. The molecule has 1 aromatic heterocycles. The normalized spacial score (nSPS) is 33.6. The van der Waals surface area contributed by atoms with E-state index in [9.17, 15) is 44.4 Å². The molecule has 0 unspecified atom stereocenters. The molecule has 2 heterocycles. The quantitative estimate of drug-likeness (QED) is 0.108. The highest BCUT2D eigenvalue weighted by atomic mass is 79.9.